The van der Waals surface area contributed by atoms with Crippen LogP contribution in [0.5, 0.6) is 0 Å². The molecule has 0 saturated carbocycles. The van der Waals surface area contributed by atoms with Gasteiger partial charge in [0.05, 0.1) is 5.71 Å². The second kappa shape index (κ2) is 5.01. The lowest BCUT2D eigenvalue weighted by Gasteiger charge is -2.07. The molecule has 0 aromatic heterocycles. The van der Waals surface area contributed by atoms with E-state index in [0.717, 1.165) is 28.3 Å². The minimum absolute atomic E-state index is 0.725. The Bertz CT molecular complexity index is 347. The van der Waals surface area contributed by atoms with Crippen molar-refractivity contribution in [3.05, 3.63) is 34.3 Å². The monoisotopic (exact) mass is 211 g/mol. The van der Waals surface area contributed by atoms with Crippen molar-refractivity contribution in [3.63, 3.8) is 0 Å². The fraction of sp³-hybridized carbons (Fsp3) is 0.364. The molecule has 0 N–H and O–H groups in total. The van der Waals surface area contributed by atoms with Gasteiger partial charge in [-0.1, -0.05) is 29.7 Å². The Morgan fingerprint density at radius 1 is 1.50 bits per heavy atom. The van der Waals surface area contributed by atoms with E-state index in [1.807, 2.05) is 32.0 Å². The molecular weight excluding hydrogens is 198 g/mol. The van der Waals surface area contributed by atoms with Crippen molar-refractivity contribution in [2.75, 3.05) is 7.11 Å². The molecule has 1 aromatic carbocycles. The van der Waals surface area contributed by atoms with Crippen molar-refractivity contribution >= 4 is 17.3 Å². The van der Waals surface area contributed by atoms with Gasteiger partial charge in [-0.3, -0.25) is 0 Å². The van der Waals surface area contributed by atoms with E-state index >= 15 is 0 Å². The normalized spacial score (nSPS) is 11.6. The summed E-state index contributed by atoms with van der Waals surface area (Å²) in [5.41, 5.74) is 3.14. The van der Waals surface area contributed by atoms with Gasteiger partial charge in [-0.05, 0) is 31.0 Å². The molecule has 0 saturated heterocycles. The smallest absolute Gasteiger partial charge is 0.106 e. The third kappa shape index (κ3) is 2.48. The van der Waals surface area contributed by atoms with Gasteiger partial charge < -0.3 is 4.84 Å². The Kier molecular flexibility index (Phi) is 3.96. The number of hydrogen-bond acceptors (Lipinski definition) is 2. The number of rotatable bonds is 3. The Hall–Kier alpha value is -1.02. The predicted octanol–water partition coefficient (Wildman–Crippen LogP) is 3.41. The average Bonchev–Trinajstić information content (AvgIpc) is 2.18. The van der Waals surface area contributed by atoms with E-state index in [-0.39, 0.29) is 0 Å². The molecule has 0 aliphatic heterocycles. The summed E-state index contributed by atoms with van der Waals surface area (Å²) in [7, 11) is 1.55. The lowest BCUT2D eigenvalue weighted by molar-refractivity contribution is 0.213. The molecule has 0 aliphatic carbocycles. The summed E-state index contributed by atoms with van der Waals surface area (Å²) >= 11 is 5.92. The van der Waals surface area contributed by atoms with Gasteiger partial charge in [0.2, 0.25) is 0 Å². The highest BCUT2D eigenvalue weighted by atomic mass is 35.5. The van der Waals surface area contributed by atoms with E-state index in [0.29, 0.717) is 0 Å². The number of aryl methyl sites for hydroxylation is 1. The molecule has 0 fully saturated rings. The third-order valence-corrected chi connectivity index (χ3v) is 2.28. The van der Waals surface area contributed by atoms with Crippen LogP contribution in [0.4, 0.5) is 0 Å². The first kappa shape index (κ1) is 11.1. The van der Waals surface area contributed by atoms with Crippen molar-refractivity contribution in [2.24, 2.45) is 5.16 Å². The molecule has 0 aliphatic rings. The van der Waals surface area contributed by atoms with Crippen molar-refractivity contribution in [1.29, 1.82) is 0 Å². The lowest BCUT2D eigenvalue weighted by Crippen LogP contribution is -2.02. The molecule has 0 heterocycles. The van der Waals surface area contributed by atoms with Gasteiger partial charge in [-0.15, -0.1) is 0 Å². The first-order chi connectivity index (χ1) is 6.69. The molecule has 0 radical (unpaired) electrons. The van der Waals surface area contributed by atoms with Gasteiger partial charge >= 0.3 is 0 Å². The maximum absolute atomic E-state index is 5.92. The summed E-state index contributed by atoms with van der Waals surface area (Å²) in [5, 5.41) is 4.70. The Morgan fingerprint density at radius 2 is 2.21 bits per heavy atom. The number of hydrogen-bond donors (Lipinski definition) is 0. The zero-order valence-corrected chi connectivity index (χ0v) is 9.43. The molecule has 0 amide bonds. The van der Waals surface area contributed by atoms with Gasteiger partial charge in [0.1, 0.15) is 7.11 Å². The lowest BCUT2D eigenvalue weighted by atomic mass is 10.0. The standard InChI is InChI=1S/C11H14ClNO/c1-4-11(13-14-3)10-7-9(12)6-5-8(10)2/h5-7H,4H2,1-3H3/b13-11-. The van der Waals surface area contributed by atoms with Crippen LogP contribution in [0.25, 0.3) is 0 Å². The summed E-state index contributed by atoms with van der Waals surface area (Å²) in [5.74, 6) is 0. The van der Waals surface area contributed by atoms with Crippen LogP contribution in [0.1, 0.15) is 24.5 Å². The molecule has 0 atom stereocenters. The van der Waals surface area contributed by atoms with E-state index in [9.17, 15) is 0 Å². The molecule has 3 heteroatoms. The van der Waals surface area contributed by atoms with Gasteiger partial charge in [0, 0.05) is 10.6 Å². The van der Waals surface area contributed by atoms with E-state index in [4.69, 9.17) is 16.4 Å². The third-order valence-electron chi connectivity index (χ3n) is 2.05. The largest absolute Gasteiger partial charge is 0.399 e. The molecule has 14 heavy (non-hydrogen) atoms. The Balaban J connectivity index is 3.15. The summed E-state index contributed by atoms with van der Waals surface area (Å²) in [4.78, 5) is 4.79. The minimum atomic E-state index is 0.725. The SMILES string of the molecule is CC/C(=N/OC)c1cc(Cl)ccc1C. The van der Waals surface area contributed by atoms with E-state index in [1.165, 1.54) is 0 Å². The Labute approximate surface area is 89.5 Å². The van der Waals surface area contributed by atoms with Crippen LogP contribution in [0.2, 0.25) is 5.02 Å². The van der Waals surface area contributed by atoms with Crippen molar-refractivity contribution in [1.82, 2.24) is 0 Å². The van der Waals surface area contributed by atoms with Crippen molar-refractivity contribution in [3.8, 4) is 0 Å². The molecule has 2 nitrogen and oxygen atoms in total. The van der Waals surface area contributed by atoms with Crippen LogP contribution in [0.3, 0.4) is 0 Å². The second-order valence-corrected chi connectivity index (χ2v) is 3.47. The summed E-state index contributed by atoms with van der Waals surface area (Å²) in [6.45, 7) is 4.07. The fourth-order valence-electron chi connectivity index (χ4n) is 1.32. The maximum atomic E-state index is 5.92. The van der Waals surface area contributed by atoms with Crippen LogP contribution >= 0.6 is 11.6 Å². The van der Waals surface area contributed by atoms with E-state index in [2.05, 4.69) is 5.16 Å². The number of halogens is 1. The highest BCUT2D eigenvalue weighted by Gasteiger charge is 2.06. The molecule has 76 valence electrons. The highest BCUT2D eigenvalue weighted by Crippen LogP contribution is 2.17. The van der Waals surface area contributed by atoms with Crippen LogP contribution in [0, 0.1) is 6.92 Å². The summed E-state index contributed by atoms with van der Waals surface area (Å²) in [6, 6.07) is 5.78. The topological polar surface area (TPSA) is 21.6 Å². The first-order valence-corrected chi connectivity index (χ1v) is 4.93. The van der Waals surface area contributed by atoms with Gasteiger partial charge in [0.15, 0.2) is 0 Å². The van der Waals surface area contributed by atoms with Crippen molar-refractivity contribution < 1.29 is 4.84 Å². The second-order valence-electron chi connectivity index (χ2n) is 3.03. The summed E-state index contributed by atoms with van der Waals surface area (Å²) in [6.07, 6.45) is 0.828. The van der Waals surface area contributed by atoms with Crippen LogP contribution in [-0.4, -0.2) is 12.8 Å². The quantitative estimate of drug-likeness (QED) is 0.555. The zero-order valence-electron chi connectivity index (χ0n) is 8.67. The molecule has 1 aromatic rings. The van der Waals surface area contributed by atoms with Gasteiger partial charge in [-0.25, -0.2) is 0 Å². The Morgan fingerprint density at radius 3 is 2.79 bits per heavy atom. The minimum Gasteiger partial charge on any atom is -0.399 e. The summed E-state index contributed by atoms with van der Waals surface area (Å²) < 4.78 is 0. The fourth-order valence-corrected chi connectivity index (χ4v) is 1.49. The molecule has 0 unspecified atom stereocenters. The number of benzene rings is 1. The van der Waals surface area contributed by atoms with Crippen LogP contribution in [0.15, 0.2) is 23.4 Å². The number of nitrogens with zero attached hydrogens (tertiary/aromatic N) is 1. The predicted molar refractivity (Wildman–Crippen MR) is 60.0 cm³/mol. The van der Waals surface area contributed by atoms with E-state index in [1.54, 1.807) is 7.11 Å². The highest BCUT2D eigenvalue weighted by molar-refractivity contribution is 6.31. The van der Waals surface area contributed by atoms with Crippen LogP contribution in [-0.2, 0) is 4.84 Å². The average molecular weight is 212 g/mol. The van der Waals surface area contributed by atoms with Crippen molar-refractivity contribution in [2.45, 2.75) is 20.3 Å². The molecule has 1 rings (SSSR count). The maximum Gasteiger partial charge on any atom is 0.106 e. The van der Waals surface area contributed by atoms with Gasteiger partial charge in [0.25, 0.3) is 0 Å². The zero-order chi connectivity index (χ0) is 10.6. The van der Waals surface area contributed by atoms with Gasteiger partial charge in [-0.2, -0.15) is 0 Å². The van der Waals surface area contributed by atoms with E-state index < -0.39 is 0 Å². The molecule has 0 spiro atoms. The van der Waals surface area contributed by atoms with Crippen LogP contribution < -0.4 is 0 Å². The first-order valence-electron chi connectivity index (χ1n) is 4.55. The molecular formula is C11H14ClNO. The number of oxime groups is 1. The molecule has 0 bridgehead atoms.